The summed E-state index contributed by atoms with van der Waals surface area (Å²) in [6.45, 7) is 6.05. The number of esters is 1. The lowest BCUT2D eigenvalue weighted by Gasteiger charge is -2.55. The van der Waals surface area contributed by atoms with Gasteiger partial charge in [0.25, 0.3) is 0 Å². The Bertz CT molecular complexity index is 1440. The molecule has 0 aromatic heterocycles. The Morgan fingerprint density at radius 1 is 0.889 bits per heavy atom. The van der Waals surface area contributed by atoms with Crippen LogP contribution < -0.4 is 0 Å². The number of hydrogen-bond donors (Lipinski definition) is 2. The Kier molecular flexibility index (Phi) is 7.79. The van der Waals surface area contributed by atoms with Crippen molar-refractivity contribution in [2.75, 3.05) is 0 Å². The molecule has 5 nitrogen and oxygen atoms in total. The number of carbonyl (C=O) groups excluding carboxylic acids is 2. The monoisotopic (exact) mass is 612 g/mol. The molecule has 242 valence electrons. The van der Waals surface area contributed by atoms with E-state index < -0.39 is 5.60 Å². The molecular weight excluding hydrogens is 560 g/mol. The maximum absolute atomic E-state index is 11.8. The Morgan fingerprint density at radius 2 is 1.69 bits per heavy atom. The van der Waals surface area contributed by atoms with Crippen LogP contribution in [0.3, 0.4) is 0 Å². The number of phenolic OH excluding ortho intramolecular Hbond substituents is 1. The number of aliphatic hydroxyl groups excluding tert-OH is 1. The van der Waals surface area contributed by atoms with Gasteiger partial charge >= 0.3 is 5.97 Å². The first kappa shape index (κ1) is 31.0. The zero-order valence-corrected chi connectivity index (χ0v) is 27.5. The highest BCUT2D eigenvalue weighted by Crippen LogP contribution is 2.66. The van der Waals surface area contributed by atoms with Crippen molar-refractivity contribution < 1.29 is 24.5 Å². The van der Waals surface area contributed by atoms with Gasteiger partial charge in [-0.05, 0) is 160 Å². The van der Waals surface area contributed by atoms with Crippen LogP contribution >= 0.6 is 0 Å². The Labute approximate surface area is 269 Å². The van der Waals surface area contributed by atoms with E-state index in [2.05, 4.69) is 25.8 Å². The molecule has 7 aliphatic carbocycles. The molecule has 11 atom stereocenters. The van der Waals surface area contributed by atoms with Crippen LogP contribution in [0.4, 0.5) is 0 Å². The minimum atomic E-state index is -0.729. The minimum Gasteiger partial charge on any atom is -0.508 e. The van der Waals surface area contributed by atoms with Crippen molar-refractivity contribution in [1.82, 2.24) is 0 Å². The summed E-state index contributed by atoms with van der Waals surface area (Å²) in [7, 11) is 0. The van der Waals surface area contributed by atoms with Crippen molar-refractivity contribution in [1.29, 1.82) is 0 Å². The number of ketones is 1. The molecule has 1 aromatic carbocycles. The summed E-state index contributed by atoms with van der Waals surface area (Å²) >= 11 is 0. The van der Waals surface area contributed by atoms with Crippen LogP contribution in [0, 0.1) is 58.7 Å². The molecule has 0 aliphatic heterocycles. The maximum atomic E-state index is 11.8. The van der Waals surface area contributed by atoms with Gasteiger partial charge in [-0.25, -0.2) is 0 Å². The van der Waals surface area contributed by atoms with Crippen molar-refractivity contribution in [2.24, 2.45) is 46.3 Å². The molecule has 6 unspecified atom stereocenters. The SMILES string of the molecule is C#CC1(OC(C)=O)CCC2C3CCC4=CC(=O)CCC4C3CCC21C.C[C@]12CC[C@@H]3c4ccc(O)cc4CC[C@H]3[C@@H]1CC[C@@H]2O. The minimum absolute atomic E-state index is 0.0883. The maximum Gasteiger partial charge on any atom is 0.304 e. The molecule has 2 N–H and O–H groups in total. The van der Waals surface area contributed by atoms with E-state index in [1.54, 1.807) is 0 Å². The lowest BCUT2D eigenvalue weighted by atomic mass is 9.50. The molecule has 0 radical (unpaired) electrons. The van der Waals surface area contributed by atoms with E-state index in [1.165, 1.54) is 42.9 Å². The summed E-state index contributed by atoms with van der Waals surface area (Å²) in [4.78, 5) is 23.5. The normalized spacial score (nSPS) is 44.2. The van der Waals surface area contributed by atoms with Crippen LogP contribution in [0.25, 0.3) is 0 Å². The standard InChI is InChI=1S/C22H28O3.C18H24O2/c1-4-22(25-14(2)23)12-10-20-19-7-5-15-13-16(24)6-8-17(15)18(19)9-11-21(20,22)3;1-18-9-8-14-13-5-3-12(19)10-11(13)2-4-15(14)16(18)6-7-17(18)20/h1,13,17-20H,5-12H2,2-3H3;3,5,10,14-17,19-20H,2,4,6-9H2,1H3/t;14-,15-,16+,17+,18+/m.1/s1. The average molecular weight is 613 g/mol. The third-order valence-corrected chi connectivity index (χ3v) is 14.6. The number of terminal acetylenes is 1. The summed E-state index contributed by atoms with van der Waals surface area (Å²) in [5.74, 6) is 7.90. The van der Waals surface area contributed by atoms with Gasteiger partial charge in [-0.2, -0.15) is 0 Å². The highest BCUT2D eigenvalue weighted by atomic mass is 16.6. The van der Waals surface area contributed by atoms with E-state index in [-0.39, 0.29) is 22.9 Å². The lowest BCUT2D eigenvalue weighted by Crippen LogP contribution is -2.53. The van der Waals surface area contributed by atoms with Gasteiger partial charge in [-0.1, -0.05) is 31.4 Å². The zero-order chi connectivity index (χ0) is 31.7. The molecule has 0 saturated heterocycles. The molecule has 5 saturated carbocycles. The smallest absolute Gasteiger partial charge is 0.304 e. The number of benzene rings is 1. The van der Waals surface area contributed by atoms with Crippen LogP contribution in [0.1, 0.15) is 121 Å². The first-order valence-corrected chi connectivity index (χ1v) is 17.9. The van der Waals surface area contributed by atoms with Crippen LogP contribution in [0.2, 0.25) is 0 Å². The van der Waals surface area contributed by atoms with E-state index in [0.717, 1.165) is 70.1 Å². The van der Waals surface area contributed by atoms with E-state index >= 15 is 0 Å². The van der Waals surface area contributed by atoms with Gasteiger partial charge < -0.3 is 14.9 Å². The molecule has 8 rings (SSSR count). The number of rotatable bonds is 1. The van der Waals surface area contributed by atoms with Crippen molar-refractivity contribution >= 4 is 11.8 Å². The highest BCUT2D eigenvalue weighted by molar-refractivity contribution is 5.91. The number of aryl methyl sites for hydroxylation is 1. The van der Waals surface area contributed by atoms with E-state index in [1.807, 2.05) is 18.2 Å². The fourth-order valence-corrected chi connectivity index (χ4v) is 12.4. The van der Waals surface area contributed by atoms with E-state index in [0.29, 0.717) is 53.5 Å². The number of phenols is 1. The fraction of sp³-hybridized carbons (Fsp3) is 0.700. The molecule has 5 fully saturated rings. The molecule has 0 spiro atoms. The van der Waals surface area contributed by atoms with Crippen molar-refractivity contribution in [2.45, 2.75) is 128 Å². The predicted molar refractivity (Wildman–Crippen MR) is 174 cm³/mol. The summed E-state index contributed by atoms with van der Waals surface area (Å²) in [5, 5.41) is 20.0. The second-order valence-electron chi connectivity index (χ2n) is 16.3. The molecule has 5 heteroatoms. The Balaban J connectivity index is 0.000000148. The number of aromatic hydroxyl groups is 1. The fourth-order valence-electron chi connectivity index (χ4n) is 12.4. The molecule has 45 heavy (non-hydrogen) atoms. The van der Waals surface area contributed by atoms with Crippen molar-refractivity contribution in [3.63, 3.8) is 0 Å². The van der Waals surface area contributed by atoms with Gasteiger partial charge in [-0.15, -0.1) is 6.42 Å². The second-order valence-corrected chi connectivity index (χ2v) is 16.3. The molecule has 0 amide bonds. The van der Waals surface area contributed by atoms with Crippen LogP contribution in [0.15, 0.2) is 29.8 Å². The Morgan fingerprint density at radius 3 is 2.47 bits per heavy atom. The quantitative estimate of drug-likeness (QED) is 0.251. The summed E-state index contributed by atoms with van der Waals surface area (Å²) in [6, 6.07) is 5.96. The van der Waals surface area contributed by atoms with Crippen LogP contribution in [-0.4, -0.2) is 33.7 Å². The number of aliphatic hydroxyl groups is 1. The van der Waals surface area contributed by atoms with Crippen LogP contribution in [0.5, 0.6) is 5.75 Å². The first-order chi connectivity index (χ1) is 21.5. The third kappa shape index (κ3) is 4.83. The molecule has 7 aliphatic rings. The third-order valence-electron chi connectivity index (χ3n) is 14.6. The molecular formula is C40H52O5. The van der Waals surface area contributed by atoms with Gasteiger partial charge in [-0.3, -0.25) is 9.59 Å². The molecule has 0 bridgehead atoms. The van der Waals surface area contributed by atoms with E-state index in [4.69, 9.17) is 11.2 Å². The number of allylic oxidation sites excluding steroid dienone is 1. The molecule has 0 heterocycles. The van der Waals surface area contributed by atoms with Gasteiger partial charge in [0.2, 0.25) is 0 Å². The highest BCUT2D eigenvalue weighted by Gasteiger charge is 2.64. The summed E-state index contributed by atoms with van der Waals surface area (Å²) in [6.07, 6.45) is 22.6. The van der Waals surface area contributed by atoms with Gasteiger partial charge in [0, 0.05) is 18.8 Å². The number of ether oxygens (including phenoxy) is 1. The lowest BCUT2D eigenvalue weighted by molar-refractivity contribution is -0.167. The topological polar surface area (TPSA) is 83.8 Å². The number of carbonyl (C=O) groups is 2. The van der Waals surface area contributed by atoms with Gasteiger partial charge in [0.1, 0.15) is 5.75 Å². The van der Waals surface area contributed by atoms with Crippen molar-refractivity contribution in [3.05, 3.63) is 41.0 Å². The predicted octanol–water partition coefficient (Wildman–Crippen LogP) is 7.67. The average Bonchev–Trinajstić information content (AvgIpc) is 3.49. The van der Waals surface area contributed by atoms with E-state index in [9.17, 15) is 19.8 Å². The zero-order valence-electron chi connectivity index (χ0n) is 27.5. The van der Waals surface area contributed by atoms with Gasteiger partial charge in [0.05, 0.1) is 6.10 Å². The van der Waals surface area contributed by atoms with Crippen molar-refractivity contribution in [3.8, 4) is 18.1 Å². The van der Waals surface area contributed by atoms with Crippen LogP contribution in [-0.2, 0) is 20.7 Å². The van der Waals surface area contributed by atoms with Gasteiger partial charge in [0.15, 0.2) is 11.4 Å². The number of hydrogen-bond acceptors (Lipinski definition) is 5. The Hall–Kier alpha value is -2.58. The molecule has 1 aromatic rings. The largest absolute Gasteiger partial charge is 0.508 e. The second kappa shape index (κ2) is 11.3. The number of fused-ring (bicyclic) bond motifs is 10. The first-order valence-electron chi connectivity index (χ1n) is 17.9. The summed E-state index contributed by atoms with van der Waals surface area (Å²) < 4.78 is 5.79. The summed E-state index contributed by atoms with van der Waals surface area (Å²) in [5.41, 5.74) is 3.56.